The Balaban J connectivity index is 1.33. The van der Waals surface area contributed by atoms with Crippen LogP contribution in [0, 0.1) is 55.4 Å². The molecule has 0 bridgehead atoms. The number of thiophene rings is 3. The zero-order chi connectivity index (χ0) is 41.1. The second-order valence-electron chi connectivity index (χ2n) is 15.7. The fourth-order valence-electron chi connectivity index (χ4n) is 7.88. The maximum absolute atomic E-state index is 6.73. The van der Waals surface area contributed by atoms with Crippen molar-refractivity contribution in [3.63, 3.8) is 0 Å². The van der Waals surface area contributed by atoms with Gasteiger partial charge in [0.15, 0.2) is 0 Å². The first-order valence-corrected chi connectivity index (χ1v) is 23.2. The van der Waals surface area contributed by atoms with Gasteiger partial charge in [-0.05, 0) is 140 Å². The summed E-state index contributed by atoms with van der Waals surface area (Å²) in [6.45, 7) is 23.1. The molecule has 0 aliphatic rings. The van der Waals surface area contributed by atoms with Crippen LogP contribution in [0.5, 0.6) is 11.5 Å². The van der Waals surface area contributed by atoms with Gasteiger partial charge in [-0.2, -0.15) is 0 Å². The highest BCUT2D eigenvalue weighted by Crippen LogP contribution is 2.52. The zero-order valence-corrected chi connectivity index (χ0v) is 38.4. The topological polar surface area (TPSA) is 36.9 Å². The van der Waals surface area contributed by atoms with Crippen LogP contribution < -0.4 is 9.47 Å². The highest BCUT2D eigenvalue weighted by Gasteiger charge is 2.24. The monoisotopic (exact) mass is 830 g/mol. The summed E-state index contributed by atoms with van der Waals surface area (Å²) in [7, 11) is 1.69. The summed E-state index contributed by atoms with van der Waals surface area (Å²) in [5, 5.41) is 4.66. The number of fused-ring (bicyclic) bond motifs is 2. The van der Waals surface area contributed by atoms with Gasteiger partial charge in [0.2, 0.25) is 0 Å². The number of methoxy groups -OCH3 is 1. The molecule has 0 aliphatic carbocycles. The lowest BCUT2D eigenvalue weighted by Crippen LogP contribution is -2.10. The molecular weight excluding hydrogens is 773 g/mol. The second kappa shape index (κ2) is 18.5. The molecule has 0 aliphatic heterocycles. The Hall–Kier alpha value is -3.98. The van der Waals surface area contributed by atoms with Gasteiger partial charge < -0.3 is 18.9 Å². The molecule has 0 amide bonds. The molecule has 0 unspecified atom stereocenters. The number of rotatable bonds is 17. The summed E-state index contributed by atoms with van der Waals surface area (Å²) >= 11 is 5.85. The number of unbranched alkanes of at least 4 members (excludes halogenated alkanes) is 3. The number of hydrogen-bond donors (Lipinski definition) is 0. The number of ether oxygens (including phenoxy) is 4. The quantitative estimate of drug-likeness (QED) is 0.0857. The highest BCUT2D eigenvalue weighted by atomic mass is 32.1. The van der Waals surface area contributed by atoms with E-state index in [4.69, 9.17) is 18.9 Å². The summed E-state index contributed by atoms with van der Waals surface area (Å²) in [6.07, 6.45) is 4.60. The number of benzene rings is 4. The fraction of sp³-hybridized carbons (Fsp3) is 0.373. The molecule has 58 heavy (non-hydrogen) atoms. The Morgan fingerprint density at radius 1 is 0.466 bits per heavy atom. The van der Waals surface area contributed by atoms with Crippen molar-refractivity contribution in [2.75, 3.05) is 40.1 Å². The van der Waals surface area contributed by atoms with E-state index in [2.05, 4.69) is 123 Å². The average molecular weight is 831 g/mol. The van der Waals surface area contributed by atoms with Gasteiger partial charge in [-0.25, -0.2) is 0 Å². The van der Waals surface area contributed by atoms with Gasteiger partial charge >= 0.3 is 0 Å². The normalized spacial score (nSPS) is 11.7. The van der Waals surface area contributed by atoms with Gasteiger partial charge in [-0.3, -0.25) is 0 Å². The molecule has 0 N–H and O–H groups in total. The van der Waals surface area contributed by atoms with Crippen LogP contribution in [0.4, 0.5) is 0 Å². The third kappa shape index (κ3) is 8.39. The van der Waals surface area contributed by atoms with E-state index >= 15 is 0 Å². The molecule has 4 aromatic carbocycles. The highest BCUT2D eigenvalue weighted by molar-refractivity contribution is 7.27. The molecule has 0 spiro atoms. The van der Waals surface area contributed by atoms with Crippen molar-refractivity contribution in [2.24, 2.45) is 0 Å². The Labute approximate surface area is 357 Å². The van der Waals surface area contributed by atoms with Gasteiger partial charge in [0.25, 0.3) is 0 Å². The number of hydrogen-bond acceptors (Lipinski definition) is 7. The van der Waals surface area contributed by atoms with E-state index in [0.717, 1.165) is 46.2 Å². The van der Waals surface area contributed by atoms with E-state index in [-0.39, 0.29) is 0 Å². The number of aryl methyl sites for hydroxylation is 2. The van der Waals surface area contributed by atoms with Crippen LogP contribution in [0.15, 0.2) is 60.7 Å². The Bertz CT molecular complexity index is 2570. The maximum Gasteiger partial charge on any atom is 0.128 e. The fourth-order valence-corrected chi connectivity index (χ4v) is 12.2. The van der Waals surface area contributed by atoms with E-state index in [1.165, 1.54) is 97.4 Å². The van der Waals surface area contributed by atoms with Crippen LogP contribution in [0.3, 0.4) is 0 Å². The minimum absolute atomic E-state index is 0.437. The Morgan fingerprint density at radius 3 is 1.60 bits per heavy atom. The molecule has 0 radical (unpaired) electrons. The molecule has 7 aromatic rings. The third-order valence-electron chi connectivity index (χ3n) is 11.8. The predicted octanol–water partition coefficient (Wildman–Crippen LogP) is 15.3. The lowest BCUT2D eigenvalue weighted by atomic mass is 9.90. The van der Waals surface area contributed by atoms with Gasteiger partial charge in [0, 0.05) is 47.5 Å². The van der Waals surface area contributed by atoms with Gasteiger partial charge in [-0.1, -0.05) is 74.2 Å². The Morgan fingerprint density at radius 2 is 1.00 bits per heavy atom. The first kappa shape index (κ1) is 42.2. The van der Waals surface area contributed by atoms with Crippen LogP contribution in [0.1, 0.15) is 76.4 Å². The maximum atomic E-state index is 6.73. The van der Waals surface area contributed by atoms with Crippen LogP contribution in [0.2, 0.25) is 0 Å². The zero-order valence-electron chi connectivity index (χ0n) is 36.0. The first-order chi connectivity index (χ1) is 28.0. The van der Waals surface area contributed by atoms with Crippen LogP contribution >= 0.6 is 34.0 Å². The van der Waals surface area contributed by atoms with Crippen molar-refractivity contribution in [3.8, 4) is 52.6 Å². The van der Waals surface area contributed by atoms with Gasteiger partial charge in [0.1, 0.15) is 18.1 Å². The van der Waals surface area contributed by atoms with Crippen molar-refractivity contribution < 1.29 is 18.9 Å². The van der Waals surface area contributed by atoms with E-state index in [0.29, 0.717) is 33.0 Å². The summed E-state index contributed by atoms with van der Waals surface area (Å²) in [6, 6.07) is 22.4. The molecule has 7 heteroatoms. The first-order valence-electron chi connectivity index (χ1n) is 20.7. The van der Waals surface area contributed by atoms with Crippen molar-refractivity contribution in [3.05, 3.63) is 104 Å². The van der Waals surface area contributed by atoms with Crippen LogP contribution in [0.25, 0.3) is 62.6 Å². The molecule has 4 nitrogen and oxygen atoms in total. The summed E-state index contributed by atoms with van der Waals surface area (Å²) in [5.41, 5.74) is 13.0. The summed E-state index contributed by atoms with van der Waals surface area (Å²) in [4.78, 5) is 8.38. The molecule has 7 rings (SSSR count). The SMILES string of the molecule is CCCCCCOc1ccc2cc(-c3sc(-c4sc(-c5sc(C)c(C)c5C)c(C)c4C)c(C)c3C)ccc2c1-c1c(OCCOCCOC)ccc2cc(C)ccc12. The molecule has 0 fully saturated rings. The minimum Gasteiger partial charge on any atom is -0.493 e. The summed E-state index contributed by atoms with van der Waals surface area (Å²) < 4.78 is 24.3. The van der Waals surface area contributed by atoms with Crippen molar-refractivity contribution in [2.45, 2.75) is 88.0 Å². The molecule has 3 heterocycles. The van der Waals surface area contributed by atoms with Crippen molar-refractivity contribution in [1.29, 1.82) is 0 Å². The lowest BCUT2D eigenvalue weighted by Gasteiger charge is -2.20. The van der Waals surface area contributed by atoms with E-state index < -0.39 is 0 Å². The molecular formula is C51H58O4S3. The van der Waals surface area contributed by atoms with Crippen molar-refractivity contribution >= 4 is 55.6 Å². The smallest absolute Gasteiger partial charge is 0.128 e. The standard InChI is InChI=1S/C51H58O4S3/c1-11-12-13-14-23-54-43-22-18-39-29-40(47-33(5)34(6)50(57-47)51-36(8)35(7)49(58-51)48-32(4)31(3)37(9)56-48)16-20-42(39)46(43)45-41-19-15-30(2)28-38(41)17-21-44(45)55-27-26-53-25-24-52-10/h15-22,28-29H,11-14,23-27H2,1-10H3. The van der Waals surface area contributed by atoms with E-state index in [9.17, 15) is 0 Å². The molecule has 304 valence electrons. The van der Waals surface area contributed by atoms with Gasteiger partial charge in [-0.15, -0.1) is 34.0 Å². The van der Waals surface area contributed by atoms with Crippen LogP contribution in [-0.4, -0.2) is 40.1 Å². The predicted molar refractivity (Wildman–Crippen MR) is 253 cm³/mol. The minimum atomic E-state index is 0.437. The third-order valence-corrected chi connectivity index (χ3v) is 16.3. The molecule has 0 atom stereocenters. The molecule has 0 saturated heterocycles. The van der Waals surface area contributed by atoms with Crippen molar-refractivity contribution in [1.82, 2.24) is 0 Å². The van der Waals surface area contributed by atoms with Gasteiger partial charge in [0.05, 0.1) is 26.4 Å². The van der Waals surface area contributed by atoms with E-state index in [1.54, 1.807) is 7.11 Å². The molecule has 3 aromatic heterocycles. The molecule has 0 saturated carbocycles. The largest absolute Gasteiger partial charge is 0.493 e. The van der Waals surface area contributed by atoms with Crippen LogP contribution in [-0.2, 0) is 9.47 Å². The average Bonchev–Trinajstić information content (AvgIpc) is 3.78. The second-order valence-corrected chi connectivity index (χ2v) is 18.9. The lowest BCUT2D eigenvalue weighted by molar-refractivity contribution is 0.0545. The Kier molecular flexibility index (Phi) is 13.5. The van der Waals surface area contributed by atoms with E-state index in [1.807, 2.05) is 34.0 Å². The summed E-state index contributed by atoms with van der Waals surface area (Å²) in [5.74, 6) is 1.72.